The van der Waals surface area contributed by atoms with Gasteiger partial charge in [0.2, 0.25) is 5.82 Å². The van der Waals surface area contributed by atoms with Crippen molar-refractivity contribution in [2.45, 2.75) is 24.7 Å². The number of aromatic nitrogens is 4. The topological polar surface area (TPSA) is 102 Å². The molecule has 1 saturated heterocycles. The Labute approximate surface area is 208 Å². The van der Waals surface area contributed by atoms with Gasteiger partial charge >= 0.3 is 6.18 Å². The second-order valence-electron chi connectivity index (χ2n) is 8.81. The number of nitrogens with zero attached hydrogens (tertiary/aromatic N) is 4. The van der Waals surface area contributed by atoms with Crippen LogP contribution >= 0.6 is 0 Å². The largest absolute Gasteiger partial charge is 0.488 e. The number of hydrogen-bond donors (Lipinski definition) is 2. The maximum Gasteiger partial charge on any atom is 0.451 e. The van der Waals surface area contributed by atoms with Crippen LogP contribution in [0.4, 0.5) is 23.4 Å². The summed E-state index contributed by atoms with van der Waals surface area (Å²) in [6.45, 7) is 2.00. The van der Waals surface area contributed by atoms with E-state index < -0.39 is 23.6 Å². The number of nitrogens with one attached hydrogen (secondary N) is 1. The van der Waals surface area contributed by atoms with Crippen LogP contribution in [-0.2, 0) is 10.9 Å². The minimum atomic E-state index is -4.63. The lowest BCUT2D eigenvalue weighted by atomic mass is 10.0. The maximum atomic E-state index is 13.5. The second-order valence-corrected chi connectivity index (χ2v) is 8.81. The van der Waals surface area contributed by atoms with Crippen LogP contribution < -0.4 is 10.1 Å². The Bertz CT molecular complexity index is 1410. The molecule has 2 N–H and O–H groups in total. The van der Waals surface area contributed by atoms with Crippen LogP contribution in [0.3, 0.4) is 0 Å². The van der Waals surface area contributed by atoms with Gasteiger partial charge in [0, 0.05) is 23.3 Å². The highest BCUT2D eigenvalue weighted by Crippen LogP contribution is 2.36. The molecule has 0 bridgehead atoms. The summed E-state index contributed by atoms with van der Waals surface area (Å²) >= 11 is 0. The molecule has 1 unspecified atom stereocenters. The Morgan fingerprint density at radius 1 is 1.05 bits per heavy atom. The lowest BCUT2D eigenvalue weighted by molar-refractivity contribution is -0.191. The minimum absolute atomic E-state index is 0.0268. The summed E-state index contributed by atoms with van der Waals surface area (Å²) in [6, 6.07) is 8.94. The van der Waals surface area contributed by atoms with Crippen LogP contribution in [0.15, 0.2) is 55.1 Å². The van der Waals surface area contributed by atoms with Crippen LogP contribution in [0.5, 0.6) is 5.75 Å². The van der Waals surface area contributed by atoms with Crippen molar-refractivity contribution in [3.8, 4) is 16.9 Å². The summed E-state index contributed by atoms with van der Waals surface area (Å²) in [5.74, 6) is -0.850. The average molecular weight is 515 g/mol. The molecule has 192 valence electrons. The number of ether oxygens (including phenoxy) is 2. The van der Waals surface area contributed by atoms with Crippen LogP contribution in [-0.4, -0.2) is 50.5 Å². The van der Waals surface area contributed by atoms with Gasteiger partial charge < -0.3 is 19.9 Å². The highest BCUT2D eigenvalue weighted by Gasteiger charge is 2.37. The number of aliphatic hydroxyl groups is 1. The van der Waals surface area contributed by atoms with Gasteiger partial charge in [-0.3, -0.25) is 0 Å². The fourth-order valence-electron chi connectivity index (χ4n) is 3.80. The van der Waals surface area contributed by atoms with Gasteiger partial charge in [0.05, 0.1) is 19.3 Å². The monoisotopic (exact) mass is 515 g/mol. The van der Waals surface area contributed by atoms with Crippen molar-refractivity contribution in [1.29, 1.82) is 0 Å². The Balaban J connectivity index is 1.51. The van der Waals surface area contributed by atoms with Crippen LogP contribution in [0, 0.1) is 5.82 Å². The molecule has 4 aromatic rings. The van der Waals surface area contributed by atoms with Crippen molar-refractivity contribution in [3.63, 3.8) is 0 Å². The van der Waals surface area contributed by atoms with Crippen LogP contribution in [0.25, 0.3) is 22.0 Å². The summed E-state index contributed by atoms with van der Waals surface area (Å²) in [6.07, 6.45) is -1.09. The molecule has 0 amide bonds. The van der Waals surface area contributed by atoms with Gasteiger partial charge in [-0.2, -0.15) is 13.2 Å². The zero-order valence-electron chi connectivity index (χ0n) is 19.5. The lowest BCUT2D eigenvalue weighted by Gasteiger charge is -2.35. The first kappa shape index (κ1) is 24.8. The molecule has 0 spiro atoms. The van der Waals surface area contributed by atoms with E-state index >= 15 is 0 Å². The molecule has 0 saturated carbocycles. The molecule has 37 heavy (non-hydrogen) atoms. The number of halogens is 4. The third-order valence-corrected chi connectivity index (χ3v) is 5.90. The van der Waals surface area contributed by atoms with Gasteiger partial charge in [-0.05, 0) is 42.3 Å². The third kappa shape index (κ3) is 5.30. The van der Waals surface area contributed by atoms with Gasteiger partial charge in [0.25, 0.3) is 0 Å². The lowest BCUT2D eigenvalue weighted by Crippen LogP contribution is -2.53. The average Bonchev–Trinajstić information content (AvgIpc) is 2.86. The van der Waals surface area contributed by atoms with E-state index in [1.54, 1.807) is 31.2 Å². The zero-order valence-corrected chi connectivity index (χ0v) is 19.5. The van der Waals surface area contributed by atoms with E-state index in [9.17, 15) is 22.7 Å². The number of alkyl halides is 3. The van der Waals surface area contributed by atoms with Crippen LogP contribution in [0.1, 0.15) is 24.4 Å². The summed E-state index contributed by atoms with van der Waals surface area (Å²) in [4.78, 5) is 15.5. The zero-order chi connectivity index (χ0) is 26.2. The van der Waals surface area contributed by atoms with Crippen molar-refractivity contribution >= 4 is 16.7 Å². The molecule has 2 aromatic heterocycles. The van der Waals surface area contributed by atoms with E-state index in [0.717, 1.165) is 12.4 Å². The van der Waals surface area contributed by atoms with E-state index in [2.05, 4.69) is 25.3 Å². The molecule has 3 heterocycles. The predicted molar refractivity (Wildman–Crippen MR) is 125 cm³/mol. The molecule has 1 aliphatic rings. The third-order valence-electron chi connectivity index (χ3n) is 5.90. The Hall–Kier alpha value is -3.90. The Morgan fingerprint density at radius 2 is 1.76 bits per heavy atom. The van der Waals surface area contributed by atoms with Gasteiger partial charge in [-0.15, -0.1) is 0 Å². The number of fused-ring (bicyclic) bond motifs is 1. The van der Waals surface area contributed by atoms with E-state index in [1.807, 2.05) is 0 Å². The first-order valence-corrected chi connectivity index (χ1v) is 11.2. The Morgan fingerprint density at radius 3 is 2.38 bits per heavy atom. The fraction of sp³-hybridized carbons (Fsp3) is 0.280. The van der Waals surface area contributed by atoms with Gasteiger partial charge in [0.1, 0.15) is 41.4 Å². The first-order valence-electron chi connectivity index (χ1n) is 11.2. The van der Waals surface area contributed by atoms with Crippen molar-refractivity contribution < 1.29 is 32.1 Å². The molecule has 8 nitrogen and oxygen atoms in total. The Kier molecular flexibility index (Phi) is 6.38. The number of benzene rings is 2. The van der Waals surface area contributed by atoms with E-state index in [-0.39, 0.29) is 25.6 Å². The second kappa shape index (κ2) is 9.52. The predicted octanol–water partition coefficient (Wildman–Crippen LogP) is 4.56. The molecule has 5 rings (SSSR count). The highest BCUT2D eigenvalue weighted by atomic mass is 19.4. The van der Waals surface area contributed by atoms with Crippen molar-refractivity contribution in [2.24, 2.45) is 0 Å². The normalized spacial score (nSPS) is 15.7. The maximum absolute atomic E-state index is 13.5. The summed E-state index contributed by atoms with van der Waals surface area (Å²) < 4.78 is 63.0. The molecule has 0 aliphatic carbocycles. The van der Waals surface area contributed by atoms with E-state index in [4.69, 9.17) is 9.47 Å². The van der Waals surface area contributed by atoms with Gasteiger partial charge in [-0.25, -0.2) is 24.3 Å². The molecule has 0 radical (unpaired) electrons. The van der Waals surface area contributed by atoms with Crippen molar-refractivity contribution in [1.82, 2.24) is 19.9 Å². The van der Waals surface area contributed by atoms with Gasteiger partial charge in [-0.1, -0.05) is 12.1 Å². The van der Waals surface area contributed by atoms with Crippen LogP contribution in [0.2, 0.25) is 0 Å². The molecule has 2 aromatic carbocycles. The van der Waals surface area contributed by atoms with Crippen molar-refractivity contribution in [3.05, 3.63) is 72.3 Å². The molecular weight excluding hydrogens is 494 g/mol. The molecule has 1 fully saturated rings. The summed E-state index contributed by atoms with van der Waals surface area (Å²) in [7, 11) is 0. The first-order chi connectivity index (χ1) is 17.6. The number of anilines is 1. The fourth-order valence-corrected chi connectivity index (χ4v) is 3.80. The smallest absolute Gasteiger partial charge is 0.451 e. The summed E-state index contributed by atoms with van der Waals surface area (Å²) in [5.41, 5.74) is 1.14. The molecule has 1 aliphatic heterocycles. The molecular formula is C25H21F4N5O3. The number of rotatable bonds is 7. The molecule has 12 heteroatoms. The van der Waals surface area contributed by atoms with Gasteiger partial charge in [0.15, 0.2) is 0 Å². The molecule has 1 atom stereocenters. The standard InChI is InChI=1S/C25H21F4N5O3/c1-14(17-8-30-23(31-9-17)25(27,28)29)34-22-19-6-16(15-2-4-18(26)5-3-15)7-20(21(19)32-13-33-22)37-12-24(35)10-36-11-24/h2-9,13-14,35H,10-12H2,1H3,(H,32,33,34). The highest BCUT2D eigenvalue weighted by molar-refractivity contribution is 5.96. The minimum Gasteiger partial charge on any atom is -0.488 e. The van der Waals surface area contributed by atoms with Crippen molar-refractivity contribution in [2.75, 3.05) is 25.1 Å². The number of hydrogen-bond acceptors (Lipinski definition) is 8. The summed E-state index contributed by atoms with van der Waals surface area (Å²) in [5, 5.41) is 14.1. The van der Waals surface area contributed by atoms with E-state index in [0.29, 0.717) is 39.2 Å². The van der Waals surface area contributed by atoms with E-state index in [1.165, 1.54) is 18.5 Å². The SMILES string of the molecule is CC(Nc1ncnc2c(OCC3(O)COC3)cc(-c3ccc(F)cc3)cc12)c1cnc(C(F)(F)F)nc1. The quantitative estimate of drug-likeness (QED) is 0.346.